The second-order valence-corrected chi connectivity index (χ2v) is 6.85. The van der Waals surface area contributed by atoms with E-state index in [9.17, 15) is 14.0 Å². The number of halogens is 2. The van der Waals surface area contributed by atoms with E-state index in [0.29, 0.717) is 28.4 Å². The van der Waals surface area contributed by atoms with Crippen molar-refractivity contribution in [3.05, 3.63) is 81.8 Å². The van der Waals surface area contributed by atoms with Gasteiger partial charge in [0.05, 0.1) is 19.2 Å². The van der Waals surface area contributed by atoms with Crippen molar-refractivity contribution in [2.75, 3.05) is 7.11 Å². The van der Waals surface area contributed by atoms with Crippen molar-refractivity contribution in [2.24, 2.45) is 0 Å². The van der Waals surface area contributed by atoms with Crippen molar-refractivity contribution in [1.82, 2.24) is 4.90 Å². The van der Waals surface area contributed by atoms with Gasteiger partial charge < -0.3 is 9.64 Å². The summed E-state index contributed by atoms with van der Waals surface area (Å²) in [6.45, 7) is 2.00. The number of hydrogen-bond donors (Lipinski definition) is 0. The van der Waals surface area contributed by atoms with Gasteiger partial charge in [0.15, 0.2) is 0 Å². The van der Waals surface area contributed by atoms with Crippen molar-refractivity contribution in [2.45, 2.75) is 25.8 Å². The second-order valence-electron chi connectivity index (χ2n) is 6.41. The first-order chi connectivity index (χ1) is 12.9. The number of rotatable bonds is 4. The van der Waals surface area contributed by atoms with Crippen LogP contribution in [-0.2, 0) is 20.9 Å². The number of esters is 1. The second kappa shape index (κ2) is 7.92. The van der Waals surface area contributed by atoms with Crippen molar-refractivity contribution < 1.29 is 18.7 Å². The van der Waals surface area contributed by atoms with E-state index in [1.807, 2.05) is 12.1 Å². The Kier molecular flexibility index (Phi) is 5.61. The number of carbonyl (C=O) groups excluding carboxylic acids is 2. The Morgan fingerprint density at radius 3 is 2.67 bits per heavy atom. The summed E-state index contributed by atoms with van der Waals surface area (Å²) in [6, 6.07) is 13.2. The minimum Gasteiger partial charge on any atom is -0.466 e. The molecule has 0 radical (unpaired) electrons. The Morgan fingerprint density at radius 1 is 1.26 bits per heavy atom. The van der Waals surface area contributed by atoms with E-state index in [-0.39, 0.29) is 12.3 Å². The van der Waals surface area contributed by atoms with Crippen LogP contribution in [0.4, 0.5) is 4.39 Å². The molecule has 1 atom stereocenters. The lowest BCUT2D eigenvalue weighted by molar-refractivity contribution is -0.138. The zero-order valence-electron chi connectivity index (χ0n) is 15.0. The highest BCUT2D eigenvalue weighted by molar-refractivity contribution is 6.30. The summed E-state index contributed by atoms with van der Waals surface area (Å²) < 4.78 is 18.6. The minimum absolute atomic E-state index is 0.0613. The Labute approximate surface area is 162 Å². The predicted molar refractivity (Wildman–Crippen MR) is 100 cm³/mol. The molecule has 2 aromatic carbocycles. The molecule has 0 saturated heterocycles. The molecule has 6 heteroatoms. The summed E-state index contributed by atoms with van der Waals surface area (Å²) in [5.41, 5.74) is 2.30. The Balaban J connectivity index is 2.03. The maximum atomic E-state index is 13.7. The maximum absolute atomic E-state index is 13.7. The highest BCUT2D eigenvalue weighted by Crippen LogP contribution is 2.37. The van der Waals surface area contributed by atoms with Crippen LogP contribution < -0.4 is 0 Å². The smallest absolute Gasteiger partial charge is 0.336 e. The van der Waals surface area contributed by atoms with Gasteiger partial charge in [0.2, 0.25) is 5.91 Å². The van der Waals surface area contributed by atoms with Crippen molar-refractivity contribution in [3.63, 3.8) is 0 Å². The molecular weight excluding hydrogens is 369 g/mol. The van der Waals surface area contributed by atoms with Crippen molar-refractivity contribution >= 4 is 23.5 Å². The first-order valence-corrected chi connectivity index (χ1v) is 8.88. The number of benzene rings is 2. The number of amides is 1. The molecule has 0 spiro atoms. The number of nitrogens with zero attached hydrogens (tertiary/aromatic N) is 1. The number of hydrogen-bond acceptors (Lipinski definition) is 3. The topological polar surface area (TPSA) is 46.6 Å². The van der Waals surface area contributed by atoms with Crippen LogP contribution in [0.5, 0.6) is 0 Å². The lowest BCUT2D eigenvalue weighted by Crippen LogP contribution is -2.38. The van der Waals surface area contributed by atoms with Gasteiger partial charge in [-0.2, -0.15) is 0 Å². The van der Waals surface area contributed by atoms with Gasteiger partial charge in [-0.1, -0.05) is 35.9 Å². The summed E-state index contributed by atoms with van der Waals surface area (Å²) in [7, 11) is 1.29. The molecule has 0 unspecified atom stereocenters. The molecule has 0 N–H and O–H groups in total. The molecule has 1 aliphatic rings. The molecule has 2 aromatic rings. The van der Waals surface area contributed by atoms with Crippen LogP contribution in [0.25, 0.3) is 0 Å². The van der Waals surface area contributed by atoms with Gasteiger partial charge in [-0.05, 0) is 42.3 Å². The Bertz CT molecular complexity index is 925. The van der Waals surface area contributed by atoms with Gasteiger partial charge in [0, 0.05) is 23.1 Å². The van der Waals surface area contributed by atoms with E-state index in [1.54, 1.807) is 36.1 Å². The van der Waals surface area contributed by atoms with Gasteiger partial charge in [-0.25, -0.2) is 9.18 Å². The summed E-state index contributed by atoms with van der Waals surface area (Å²) in [5.74, 6) is -1.63. The largest absolute Gasteiger partial charge is 0.466 e. The van der Waals surface area contributed by atoms with E-state index in [2.05, 4.69) is 0 Å². The summed E-state index contributed by atoms with van der Waals surface area (Å²) in [6.07, 6.45) is 0.0613. The zero-order chi connectivity index (χ0) is 19.6. The SMILES string of the molecule is COC(=O)C1=C(C)N(Cc2cccc(Cl)c2)C(=O)C[C@@H]1c1cccc(F)c1. The van der Waals surface area contributed by atoms with Crippen LogP contribution in [0.3, 0.4) is 0 Å². The molecule has 0 aliphatic carbocycles. The number of ether oxygens (including phenoxy) is 1. The molecule has 1 heterocycles. The minimum atomic E-state index is -0.545. The van der Waals surface area contributed by atoms with Crippen molar-refractivity contribution in [3.8, 4) is 0 Å². The highest BCUT2D eigenvalue weighted by Gasteiger charge is 2.36. The van der Waals surface area contributed by atoms with Crippen LogP contribution >= 0.6 is 11.6 Å². The third-order valence-corrected chi connectivity index (χ3v) is 4.94. The van der Waals surface area contributed by atoms with Crippen LogP contribution in [0, 0.1) is 5.82 Å². The fourth-order valence-electron chi connectivity index (χ4n) is 3.40. The fraction of sp³-hybridized carbons (Fsp3) is 0.238. The average Bonchev–Trinajstić information content (AvgIpc) is 2.64. The highest BCUT2D eigenvalue weighted by atomic mass is 35.5. The van der Waals surface area contributed by atoms with E-state index in [0.717, 1.165) is 5.56 Å². The van der Waals surface area contributed by atoms with Crippen LogP contribution in [0.2, 0.25) is 5.02 Å². The molecule has 4 nitrogen and oxygen atoms in total. The zero-order valence-corrected chi connectivity index (χ0v) is 15.8. The summed E-state index contributed by atoms with van der Waals surface area (Å²) in [5, 5.41) is 0.574. The maximum Gasteiger partial charge on any atom is 0.336 e. The molecule has 3 rings (SSSR count). The fourth-order valence-corrected chi connectivity index (χ4v) is 3.62. The predicted octanol–water partition coefficient (Wildman–Crippen LogP) is 4.44. The molecule has 1 amide bonds. The van der Waals surface area contributed by atoms with Crippen molar-refractivity contribution in [1.29, 1.82) is 0 Å². The van der Waals surface area contributed by atoms with Gasteiger partial charge in [-0.3, -0.25) is 4.79 Å². The standard InChI is InChI=1S/C21H19ClFNO3/c1-13-20(21(26)27-2)18(15-6-4-8-17(23)10-15)11-19(25)24(13)12-14-5-3-7-16(22)9-14/h3-10,18H,11-12H2,1-2H3/t18-/m1/s1. The van der Waals surface area contributed by atoms with Gasteiger partial charge >= 0.3 is 5.97 Å². The molecule has 1 aliphatic heterocycles. The average molecular weight is 388 g/mol. The third-order valence-electron chi connectivity index (χ3n) is 4.71. The number of methoxy groups -OCH3 is 1. The Morgan fingerprint density at radius 2 is 2.00 bits per heavy atom. The normalized spacial score (nSPS) is 17.3. The molecule has 27 heavy (non-hydrogen) atoms. The third kappa shape index (κ3) is 4.03. The van der Waals surface area contributed by atoms with E-state index in [1.165, 1.54) is 19.2 Å². The van der Waals surface area contributed by atoms with Crippen LogP contribution in [-0.4, -0.2) is 23.9 Å². The first kappa shape index (κ1) is 19.1. The Hall–Kier alpha value is -2.66. The van der Waals surface area contributed by atoms with Crippen LogP contribution in [0.15, 0.2) is 59.8 Å². The monoisotopic (exact) mass is 387 g/mol. The molecule has 0 saturated carbocycles. The lowest BCUT2D eigenvalue weighted by atomic mass is 9.83. The molecule has 0 bridgehead atoms. The van der Waals surface area contributed by atoms with Crippen LogP contribution in [0.1, 0.15) is 30.4 Å². The quantitative estimate of drug-likeness (QED) is 0.728. The first-order valence-electron chi connectivity index (χ1n) is 8.50. The van der Waals surface area contributed by atoms with Gasteiger partial charge in [-0.15, -0.1) is 0 Å². The number of carbonyl (C=O) groups is 2. The number of allylic oxidation sites excluding steroid dienone is 1. The molecule has 0 fully saturated rings. The van der Waals surface area contributed by atoms with Gasteiger partial charge in [0.25, 0.3) is 0 Å². The summed E-state index contributed by atoms with van der Waals surface area (Å²) in [4.78, 5) is 26.9. The van der Waals surface area contributed by atoms with E-state index < -0.39 is 17.7 Å². The summed E-state index contributed by atoms with van der Waals surface area (Å²) >= 11 is 6.03. The van der Waals surface area contributed by atoms with E-state index in [4.69, 9.17) is 16.3 Å². The molecule has 140 valence electrons. The van der Waals surface area contributed by atoms with Gasteiger partial charge in [0.1, 0.15) is 5.82 Å². The molecule has 0 aromatic heterocycles. The molecular formula is C21H19ClFNO3. The lowest BCUT2D eigenvalue weighted by Gasteiger charge is -2.34. The van der Waals surface area contributed by atoms with E-state index >= 15 is 0 Å².